The highest BCUT2D eigenvalue weighted by Gasteiger charge is 2.06. The number of hydrogen-bond donors (Lipinski definition) is 0. The number of halogens is 2. The lowest BCUT2D eigenvalue weighted by Crippen LogP contribution is -2.11. The Morgan fingerprint density at radius 2 is 2.15 bits per heavy atom. The average Bonchev–Trinajstić information content (AvgIpc) is 2.09. The van der Waals surface area contributed by atoms with Crippen LogP contribution in [0.2, 0.25) is 5.02 Å². The summed E-state index contributed by atoms with van der Waals surface area (Å²) in [6.07, 6.45) is 3.93. The van der Waals surface area contributed by atoms with Crippen LogP contribution in [-0.4, -0.2) is 28.5 Å². The van der Waals surface area contributed by atoms with Crippen molar-refractivity contribution < 1.29 is 4.74 Å². The van der Waals surface area contributed by atoms with Gasteiger partial charge in [0.1, 0.15) is 5.82 Å². The van der Waals surface area contributed by atoms with Crippen LogP contribution in [0.4, 0.5) is 0 Å². The predicted octanol–water partition coefficient (Wildman–Crippen LogP) is 2.08. The molecule has 5 heteroatoms. The van der Waals surface area contributed by atoms with E-state index in [0.717, 1.165) is 12.2 Å². The Kier molecular flexibility index (Phi) is 4.62. The van der Waals surface area contributed by atoms with Crippen molar-refractivity contribution in [3.63, 3.8) is 0 Å². The van der Waals surface area contributed by atoms with Crippen molar-refractivity contribution >= 4 is 27.5 Å². The molecule has 0 spiro atoms. The summed E-state index contributed by atoms with van der Waals surface area (Å²) in [4.78, 5) is 8.39. The molecule has 0 aromatic carbocycles. The fraction of sp³-hybridized carbons (Fsp3) is 0.500. The predicted molar refractivity (Wildman–Crippen MR) is 55.3 cm³/mol. The number of nitrogens with zero attached hydrogens (tertiary/aromatic N) is 2. The topological polar surface area (TPSA) is 35.0 Å². The number of alkyl halides is 1. The molecule has 1 aromatic heterocycles. The van der Waals surface area contributed by atoms with E-state index in [2.05, 4.69) is 25.9 Å². The third-order valence-electron chi connectivity index (χ3n) is 1.43. The molecule has 0 saturated heterocycles. The molecule has 1 unspecified atom stereocenters. The van der Waals surface area contributed by atoms with Gasteiger partial charge in [-0.1, -0.05) is 27.5 Å². The molecule has 3 nitrogen and oxygen atoms in total. The van der Waals surface area contributed by atoms with Crippen molar-refractivity contribution in [2.75, 3.05) is 13.7 Å². The van der Waals surface area contributed by atoms with Gasteiger partial charge in [0.15, 0.2) is 0 Å². The van der Waals surface area contributed by atoms with Crippen LogP contribution in [0.25, 0.3) is 0 Å². The maximum atomic E-state index is 5.65. The van der Waals surface area contributed by atoms with Gasteiger partial charge in [-0.3, -0.25) is 0 Å². The normalized spacial score (nSPS) is 12.8. The number of methoxy groups -OCH3 is 1. The van der Waals surface area contributed by atoms with Crippen molar-refractivity contribution in [1.82, 2.24) is 9.97 Å². The Labute approximate surface area is 90.6 Å². The molecule has 1 atom stereocenters. The van der Waals surface area contributed by atoms with E-state index in [1.165, 1.54) is 0 Å². The van der Waals surface area contributed by atoms with E-state index in [9.17, 15) is 0 Å². The van der Waals surface area contributed by atoms with Gasteiger partial charge in [-0.2, -0.15) is 0 Å². The van der Waals surface area contributed by atoms with Gasteiger partial charge in [-0.25, -0.2) is 9.97 Å². The van der Waals surface area contributed by atoms with Gasteiger partial charge in [0.05, 0.1) is 11.6 Å². The van der Waals surface area contributed by atoms with E-state index < -0.39 is 0 Å². The summed E-state index contributed by atoms with van der Waals surface area (Å²) in [6.45, 7) is 0.645. The molecule has 0 bridgehead atoms. The molecular weight excluding hydrogens is 255 g/mol. The van der Waals surface area contributed by atoms with Crippen molar-refractivity contribution in [2.45, 2.75) is 11.2 Å². The molecule has 0 aliphatic rings. The highest BCUT2D eigenvalue weighted by atomic mass is 79.9. The summed E-state index contributed by atoms with van der Waals surface area (Å²) in [5, 5.41) is 0.557. The van der Waals surface area contributed by atoms with Gasteiger partial charge < -0.3 is 4.74 Å². The molecule has 72 valence electrons. The molecule has 0 radical (unpaired) electrons. The molecule has 1 rings (SSSR count). The second-order valence-corrected chi connectivity index (χ2v) is 4.31. The fourth-order valence-electron chi connectivity index (χ4n) is 0.882. The summed E-state index contributed by atoms with van der Waals surface area (Å²) in [5.74, 6) is 0.767. The van der Waals surface area contributed by atoms with Gasteiger partial charge in [-0.15, -0.1) is 0 Å². The number of aromatic nitrogens is 2. The molecule has 0 fully saturated rings. The smallest absolute Gasteiger partial charge is 0.129 e. The minimum atomic E-state index is 0.249. The summed E-state index contributed by atoms with van der Waals surface area (Å²) < 4.78 is 4.97. The van der Waals surface area contributed by atoms with E-state index in [0.29, 0.717) is 11.6 Å². The lowest BCUT2D eigenvalue weighted by Gasteiger charge is -2.06. The van der Waals surface area contributed by atoms with Gasteiger partial charge in [0, 0.05) is 30.8 Å². The van der Waals surface area contributed by atoms with E-state index in [4.69, 9.17) is 16.3 Å². The zero-order valence-corrected chi connectivity index (χ0v) is 9.55. The van der Waals surface area contributed by atoms with Crippen LogP contribution in [0.5, 0.6) is 0 Å². The summed E-state index contributed by atoms with van der Waals surface area (Å²) in [5.41, 5.74) is 0. The van der Waals surface area contributed by atoms with Gasteiger partial charge in [-0.05, 0) is 0 Å². The van der Waals surface area contributed by atoms with Crippen molar-refractivity contribution in [3.8, 4) is 0 Å². The largest absolute Gasteiger partial charge is 0.384 e. The first-order valence-corrected chi connectivity index (χ1v) is 5.11. The Morgan fingerprint density at radius 1 is 1.54 bits per heavy atom. The van der Waals surface area contributed by atoms with Gasteiger partial charge in [0.25, 0.3) is 0 Å². The SMILES string of the molecule is COCC(Br)Cc1ncc(Cl)cn1. The van der Waals surface area contributed by atoms with Gasteiger partial charge >= 0.3 is 0 Å². The zero-order chi connectivity index (χ0) is 9.68. The van der Waals surface area contributed by atoms with Crippen molar-refractivity contribution in [1.29, 1.82) is 0 Å². The Hall–Kier alpha value is -0.190. The Bertz CT molecular complexity index is 255. The minimum Gasteiger partial charge on any atom is -0.384 e. The zero-order valence-electron chi connectivity index (χ0n) is 7.20. The van der Waals surface area contributed by atoms with Crippen LogP contribution < -0.4 is 0 Å². The Morgan fingerprint density at radius 3 is 2.69 bits per heavy atom. The minimum absolute atomic E-state index is 0.249. The monoisotopic (exact) mass is 264 g/mol. The quantitative estimate of drug-likeness (QED) is 0.782. The maximum absolute atomic E-state index is 5.65. The molecule has 1 heterocycles. The molecule has 0 N–H and O–H groups in total. The molecular formula is C8H10BrClN2O. The summed E-state index contributed by atoms with van der Waals surface area (Å²) in [6, 6.07) is 0. The number of rotatable bonds is 4. The lowest BCUT2D eigenvalue weighted by atomic mass is 10.3. The molecule has 0 amide bonds. The summed E-state index contributed by atoms with van der Waals surface area (Å²) >= 11 is 9.10. The van der Waals surface area contributed by atoms with Crippen molar-refractivity contribution in [3.05, 3.63) is 23.2 Å². The second kappa shape index (κ2) is 5.52. The fourth-order valence-corrected chi connectivity index (χ4v) is 1.53. The lowest BCUT2D eigenvalue weighted by molar-refractivity contribution is 0.200. The maximum Gasteiger partial charge on any atom is 0.129 e. The number of hydrogen-bond acceptors (Lipinski definition) is 3. The third-order valence-corrected chi connectivity index (χ3v) is 2.21. The first-order chi connectivity index (χ1) is 6.22. The first kappa shape index (κ1) is 10.9. The van der Waals surface area contributed by atoms with E-state index in [1.54, 1.807) is 19.5 Å². The first-order valence-electron chi connectivity index (χ1n) is 3.82. The molecule has 13 heavy (non-hydrogen) atoms. The van der Waals surface area contributed by atoms with E-state index >= 15 is 0 Å². The second-order valence-electron chi connectivity index (χ2n) is 2.57. The average molecular weight is 266 g/mol. The highest BCUT2D eigenvalue weighted by molar-refractivity contribution is 9.09. The van der Waals surface area contributed by atoms with Crippen LogP contribution in [0.3, 0.4) is 0 Å². The van der Waals surface area contributed by atoms with Crippen LogP contribution in [0, 0.1) is 0 Å². The molecule has 0 aliphatic carbocycles. The van der Waals surface area contributed by atoms with Crippen LogP contribution in [-0.2, 0) is 11.2 Å². The molecule has 0 aliphatic heterocycles. The highest BCUT2D eigenvalue weighted by Crippen LogP contribution is 2.08. The standard InChI is InChI=1S/C8H10BrClN2O/c1-13-5-6(9)2-8-11-3-7(10)4-12-8/h3-4,6H,2,5H2,1H3. The Balaban J connectivity index is 2.49. The van der Waals surface area contributed by atoms with Gasteiger partial charge in [0.2, 0.25) is 0 Å². The van der Waals surface area contributed by atoms with E-state index in [1.807, 2.05) is 0 Å². The third kappa shape index (κ3) is 4.02. The molecule has 0 saturated carbocycles. The molecule has 1 aromatic rings. The number of ether oxygens (including phenoxy) is 1. The van der Waals surface area contributed by atoms with Crippen molar-refractivity contribution in [2.24, 2.45) is 0 Å². The van der Waals surface area contributed by atoms with Crippen LogP contribution >= 0.6 is 27.5 Å². The summed E-state index contributed by atoms with van der Waals surface area (Å²) in [7, 11) is 1.66. The van der Waals surface area contributed by atoms with Crippen LogP contribution in [0.15, 0.2) is 12.4 Å². The van der Waals surface area contributed by atoms with E-state index in [-0.39, 0.29) is 4.83 Å². The van der Waals surface area contributed by atoms with Crippen LogP contribution in [0.1, 0.15) is 5.82 Å².